The summed E-state index contributed by atoms with van der Waals surface area (Å²) in [5.41, 5.74) is 3.02. The molecule has 0 aliphatic heterocycles. The molecule has 5 nitrogen and oxygen atoms in total. The lowest BCUT2D eigenvalue weighted by Crippen LogP contribution is -2.00. The van der Waals surface area contributed by atoms with Crippen LogP contribution in [0.15, 0.2) is 23.7 Å². The molecule has 1 N–H and O–H groups in total. The number of hydrogen-bond acceptors (Lipinski definition) is 5. The van der Waals surface area contributed by atoms with Gasteiger partial charge < -0.3 is 14.6 Å². The molecule has 1 aromatic carbocycles. The van der Waals surface area contributed by atoms with Gasteiger partial charge in [-0.15, -0.1) is 11.3 Å². The van der Waals surface area contributed by atoms with Gasteiger partial charge >= 0.3 is 5.97 Å². The van der Waals surface area contributed by atoms with E-state index in [1.807, 2.05) is 12.1 Å². The van der Waals surface area contributed by atoms with E-state index >= 15 is 0 Å². The monoisotopic (exact) mass is 279 g/mol. The molecular weight excluding hydrogens is 266 g/mol. The Hall–Kier alpha value is -2.08. The summed E-state index contributed by atoms with van der Waals surface area (Å²) in [6.07, 6.45) is 0.450. The van der Waals surface area contributed by atoms with Gasteiger partial charge in [0.2, 0.25) is 0 Å². The summed E-state index contributed by atoms with van der Waals surface area (Å²) in [6, 6.07) is 5.48. The maximum Gasteiger partial charge on any atom is 0.347 e. The van der Waals surface area contributed by atoms with Gasteiger partial charge in [0.25, 0.3) is 0 Å². The van der Waals surface area contributed by atoms with Crippen LogP contribution in [0, 0.1) is 0 Å². The number of carboxylic acid groups (broad SMARTS) is 1. The number of hydrogen-bond donors (Lipinski definition) is 1. The van der Waals surface area contributed by atoms with Crippen molar-refractivity contribution in [3.05, 3.63) is 39.8 Å². The molecule has 0 unspecified atom stereocenters. The van der Waals surface area contributed by atoms with E-state index < -0.39 is 5.97 Å². The van der Waals surface area contributed by atoms with Crippen LogP contribution in [-0.2, 0) is 6.42 Å². The van der Waals surface area contributed by atoms with Gasteiger partial charge in [-0.2, -0.15) is 0 Å². The van der Waals surface area contributed by atoms with Crippen LogP contribution in [0.1, 0.15) is 20.9 Å². The predicted octanol–water partition coefficient (Wildman–Crippen LogP) is 2.45. The zero-order valence-corrected chi connectivity index (χ0v) is 11.4. The molecule has 19 heavy (non-hydrogen) atoms. The fourth-order valence-corrected chi connectivity index (χ4v) is 2.40. The first kappa shape index (κ1) is 13.4. The van der Waals surface area contributed by atoms with Gasteiger partial charge in [-0.1, -0.05) is 6.07 Å². The molecule has 6 heteroatoms. The molecule has 0 aliphatic rings. The van der Waals surface area contributed by atoms with Crippen LogP contribution in [0.5, 0.6) is 11.5 Å². The van der Waals surface area contributed by atoms with Gasteiger partial charge in [-0.25, -0.2) is 9.78 Å². The molecule has 1 heterocycles. The maximum absolute atomic E-state index is 11.0. The first-order chi connectivity index (χ1) is 9.15. The second-order valence-corrected chi connectivity index (χ2v) is 4.65. The van der Waals surface area contributed by atoms with Crippen LogP contribution in [0.3, 0.4) is 0 Å². The Labute approximate surface area is 114 Å². The number of aromatic carboxylic acids is 1. The van der Waals surface area contributed by atoms with Crippen molar-refractivity contribution < 1.29 is 19.4 Å². The summed E-state index contributed by atoms with van der Waals surface area (Å²) in [5.74, 6) is 0.313. The van der Waals surface area contributed by atoms with Gasteiger partial charge in [0.1, 0.15) is 4.88 Å². The van der Waals surface area contributed by atoms with Crippen molar-refractivity contribution in [1.82, 2.24) is 4.98 Å². The van der Waals surface area contributed by atoms with Crippen LogP contribution in [0.25, 0.3) is 0 Å². The van der Waals surface area contributed by atoms with E-state index in [0.717, 1.165) is 16.9 Å². The number of ether oxygens (including phenoxy) is 2. The molecule has 2 rings (SSSR count). The standard InChI is InChI=1S/C13H13NO4S/c1-17-10-4-3-8(6-11(10)18-2)5-9-12(13(15)16)19-7-14-9/h3-4,6-7H,5H2,1-2H3,(H,15,16). The molecule has 0 spiro atoms. The first-order valence-electron chi connectivity index (χ1n) is 5.52. The highest BCUT2D eigenvalue weighted by Crippen LogP contribution is 2.29. The lowest BCUT2D eigenvalue weighted by Gasteiger charge is -2.09. The minimum absolute atomic E-state index is 0.273. The zero-order valence-electron chi connectivity index (χ0n) is 10.5. The topological polar surface area (TPSA) is 68.7 Å². The fraction of sp³-hybridized carbons (Fsp3) is 0.231. The van der Waals surface area contributed by atoms with Crippen molar-refractivity contribution in [3.63, 3.8) is 0 Å². The minimum Gasteiger partial charge on any atom is -0.493 e. The average molecular weight is 279 g/mol. The van der Waals surface area contributed by atoms with Crippen molar-refractivity contribution in [3.8, 4) is 11.5 Å². The molecule has 1 aromatic heterocycles. The number of carboxylic acids is 1. The van der Waals surface area contributed by atoms with E-state index in [4.69, 9.17) is 14.6 Å². The van der Waals surface area contributed by atoms with E-state index in [1.165, 1.54) is 0 Å². The average Bonchev–Trinajstić information content (AvgIpc) is 2.87. The lowest BCUT2D eigenvalue weighted by molar-refractivity contribution is 0.0701. The molecule has 2 aromatic rings. The number of methoxy groups -OCH3 is 2. The lowest BCUT2D eigenvalue weighted by atomic mass is 10.1. The molecule has 0 amide bonds. The molecule has 0 saturated heterocycles. The van der Waals surface area contributed by atoms with Crippen molar-refractivity contribution in [1.29, 1.82) is 0 Å². The summed E-state index contributed by atoms with van der Waals surface area (Å²) >= 11 is 1.13. The molecule has 0 bridgehead atoms. The molecule has 0 radical (unpaired) electrons. The van der Waals surface area contributed by atoms with Crippen molar-refractivity contribution in [2.24, 2.45) is 0 Å². The molecule has 0 saturated carbocycles. The number of aromatic nitrogens is 1. The summed E-state index contributed by atoms with van der Waals surface area (Å²) < 4.78 is 10.4. The van der Waals surface area contributed by atoms with Crippen LogP contribution in [-0.4, -0.2) is 30.3 Å². The fourth-order valence-electron chi connectivity index (χ4n) is 1.75. The molecule has 0 atom stereocenters. The predicted molar refractivity (Wildman–Crippen MR) is 71.4 cm³/mol. The summed E-state index contributed by atoms with van der Waals surface area (Å²) in [7, 11) is 3.13. The van der Waals surface area contributed by atoms with E-state index in [1.54, 1.807) is 25.8 Å². The summed E-state index contributed by atoms with van der Waals surface area (Å²) in [5, 5.41) is 9.04. The van der Waals surface area contributed by atoms with Gasteiger partial charge in [0.05, 0.1) is 25.4 Å². The highest BCUT2D eigenvalue weighted by Gasteiger charge is 2.14. The smallest absolute Gasteiger partial charge is 0.347 e. The third kappa shape index (κ3) is 2.85. The van der Waals surface area contributed by atoms with Crippen molar-refractivity contribution in [2.75, 3.05) is 14.2 Å². The number of rotatable bonds is 5. The maximum atomic E-state index is 11.0. The third-order valence-corrected chi connectivity index (χ3v) is 3.51. The normalized spacial score (nSPS) is 10.2. The van der Waals surface area contributed by atoms with Crippen LogP contribution < -0.4 is 9.47 Å². The van der Waals surface area contributed by atoms with Gasteiger partial charge in [-0.05, 0) is 17.7 Å². The largest absolute Gasteiger partial charge is 0.493 e. The summed E-state index contributed by atoms with van der Waals surface area (Å²) in [4.78, 5) is 15.4. The van der Waals surface area contributed by atoms with E-state index in [-0.39, 0.29) is 4.88 Å². The Morgan fingerprint density at radius 2 is 2.05 bits per heavy atom. The Kier molecular flexibility index (Phi) is 4.01. The quantitative estimate of drug-likeness (QED) is 0.910. The Bertz CT molecular complexity index is 594. The number of nitrogens with zero attached hydrogens (tertiary/aromatic N) is 1. The van der Waals surface area contributed by atoms with Gasteiger partial charge in [0, 0.05) is 6.42 Å². The highest BCUT2D eigenvalue weighted by atomic mass is 32.1. The second-order valence-electron chi connectivity index (χ2n) is 3.80. The SMILES string of the molecule is COc1ccc(Cc2ncsc2C(=O)O)cc1OC. The van der Waals surface area contributed by atoms with E-state index in [2.05, 4.69) is 4.98 Å². The van der Waals surface area contributed by atoms with Gasteiger partial charge in [0.15, 0.2) is 11.5 Å². The molecule has 0 fully saturated rings. The Morgan fingerprint density at radius 1 is 1.32 bits per heavy atom. The van der Waals surface area contributed by atoms with Crippen molar-refractivity contribution in [2.45, 2.75) is 6.42 Å². The van der Waals surface area contributed by atoms with E-state index in [9.17, 15) is 4.79 Å². The minimum atomic E-state index is -0.946. The molecular formula is C13H13NO4S. The van der Waals surface area contributed by atoms with Crippen molar-refractivity contribution >= 4 is 17.3 Å². The molecule has 100 valence electrons. The second kappa shape index (κ2) is 5.71. The summed E-state index contributed by atoms with van der Waals surface area (Å²) in [6.45, 7) is 0. The van der Waals surface area contributed by atoms with Crippen LogP contribution in [0.2, 0.25) is 0 Å². The third-order valence-electron chi connectivity index (χ3n) is 2.65. The first-order valence-corrected chi connectivity index (χ1v) is 6.40. The van der Waals surface area contributed by atoms with Crippen LogP contribution in [0.4, 0.5) is 0 Å². The van der Waals surface area contributed by atoms with Crippen LogP contribution >= 0.6 is 11.3 Å². The zero-order chi connectivity index (χ0) is 13.8. The number of carbonyl (C=O) groups is 1. The number of thiazole rings is 1. The Morgan fingerprint density at radius 3 is 2.68 bits per heavy atom. The Balaban J connectivity index is 2.28. The highest BCUT2D eigenvalue weighted by molar-refractivity contribution is 7.11. The van der Waals surface area contributed by atoms with E-state index in [0.29, 0.717) is 23.6 Å². The van der Waals surface area contributed by atoms with Gasteiger partial charge in [-0.3, -0.25) is 0 Å². The number of benzene rings is 1. The molecule has 0 aliphatic carbocycles.